The summed E-state index contributed by atoms with van der Waals surface area (Å²) < 4.78 is 23.3. The van der Waals surface area contributed by atoms with Gasteiger partial charge in [-0.2, -0.15) is 0 Å². The van der Waals surface area contributed by atoms with Crippen LogP contribution in [0.15, 0.2) is 122 Å². The Morgan fingerprint density at radius 3 is 1.55 bits per heavy atom. The summed E-state index contributed by atoms with van der Waals surface area (Å²) in [6, 6.07) is -0.892. The number of aliphatic hydroxyl groups excluding tert-OH is 1. The topological polar surface area (TPSA) is 105 Å². The number of rotatable bonds is 35. The molecule has 0 heterocycles. The summed E-state index contributed by atoms with van der Waals surface area (Å²) in [7, 11) is 1.49. The summed E-state index contributed by atoms with van der Waals surface area (Å²) in [5.41, 5.74) is 0. The summed E-state index contributed by atoms with van der Waals surface area (Å²) in [4.78, 5) is 22.9. The highest BCUT2D eigenvalue weighted by Crippen LogP contribution is 2.43. The van der Waals surface area contributed by atoms with Gasteiger partial charge in [0.05, 0.1) is 39.9 Å². The number of phosphoric ester groups is 1. The molecule has 0 fully saturated rings. The summed E-state index contributed by atoms with van der Waals surface area (Å²) in [6.07, 6.45) is 55.9. The molecule has 0 spiro atoms. The molecule has 9 heteroatoms. The van der Waals surface area contributed by atoms with Crippen LogP contribution in [0.2, 0.25) is 0 Å². The number of quaternary nitrogens is 1. The molecule has 8 nitrogen and oxygen atoms in total. The third-order valence-corrected chi connectivity index (χ3v) is 9.13. The van der Waals surface area contributed by atoms with Crippen LogP contribution in [-0.4, -0.2) is 73.4 Å². The zero-order chi connectivity index (χ0) is 41.4. The van der Waals surface area contributed by atoms with Gasteiger partial charge in [-0.3, -0.25) is 13.8 Å². The van der Waals surface area contributed by atoms with Crippen molar-refractivity contribution in [2.75, 3.05) is 40.9 Å². The Morgan fingerprint density at radius 1 is 0.625 bits per heavy atom. The zero-order valence-electron chi connectivity index (χ0n) is 35.6. The Hall–Kier alpha value is -3.10. The van der Waals surface area contributed by atoms with Crippen molar-refractivity contribution >= 4 is 13.7 Å². The molecule has 0 saturated heterocycles. The second-order valence-electron chi connectivity index (χ2n) is 14.6. The molecule has 0 aromatic heterocycles. The number of carbonyl (C=O) groups is 1. The number of nitrogens with one attached hydrogen (secondary N) is 1. The van der Waals surface area contributed by atoms with E-state index in [0.29, 0.717) is 17.4 Å². The minimum absolute atomic E-state index is 0.0391. The fraction of sp³-hybridized carbons (Fsp3) is 0.553. The van der Waals surface area contributed by atoms with Crippen LogP contribution in [0, 0.1) is 0 Å². The van der Waals surface area contributed by atoms with Crippen LogP contribution in [0.3, 0.4) is 0 Å². The normalized spacial score (nSPS) is 15.6. The van der Waals surface area contributed by atoms with Crippen molar-refractivity contribution < 1.29 is 32.9 Å². The maximum atomic E-state index is 12.8. The highest BCUT2D eigenvalue weighted by molar-refractivity contribution is 7.47. The summed E-state index contributed by atoms with van der Waals surface area (Å²) in [5.74, 6) is -0.242. The van der Waals surface area contributed by atoms with Crippen LogP contribution < -0.4 is 5.32 Å². The lowest BCUT2D eigenvalue weighted by Crippen LogP contribution is -2.45. The molecule has 0 aromatic carbocycles. The molecule has 316 valence electrons. The molecule has 0 aliphatic carbocycles. The number of likely N-dealkylation sites (N-methyl/N-ethyl adjacent to an activating group) is 1. The van der Waals surface area contributed by atoms with Crippen molar-refractivity contribution in [2.24, 2.45) is 0 Å². The van der Waals surface area contributed by atoms with Crippen LogP contribution in [0.4, 0.5) is 0 Å². The van der Waals surface area contributed by atoms with Crippen LogP contribution in [0.1, 0.15) is 117 Å². The third-order valence-electron chi connectivity index (χ3n) is 8.15. The average molecular weight is 798 g/mol. The van der Waals surface area contributed by atoms with Crippen molar-refractivity contribution in [3.8, 4) is 0 Å². The van der Waals surface area contributed by atoms with Crippen molar-refractivity contribution in [1.29, 1.82) is 0 Å². The van der Waals surface area contributed by atoms with E-state index in [1.54, 1.807) is 6.08 Å². The summed E-state index contributed by atoms with van der Waals surface area (Å²) >= 11 is 0. The highest BCUT2D eigenvalue weighted by Gasteiger charge is 2.27. The van der Waals surface area contributed by atoms with E-state index >= 15 is 0 Å². The largest absolute Gasteiger partial charge is 0.472 e. The molecule has 1 amide bonds. The number of hydrogen-bond acceptors (Lipinski definition) is 5. The number of unbranched alkanes of at least 4 members (excludes halogenated alkanes) is 4. The Bertz CT molecular complexity index is 1320. The molecular weight excluding hydrogens is 719 g/mol. The van der Waals surface area contributed by atoms with Gasteiger partial charge < -0.3 is 19.8 Å². The number of nitrogens with zero attached hydrogens (tertiary/aromatic N) is 1. The molecule has 3 atom stereocenters. The molecule has 0 aliphatic heterocycles. The van der Waals surface area contributed by atoms with Crippen LogP contribution >= 0.6 is 7.82 Å². The Labute approximate surface area is 342 Å². The van der Waals surface area contributed by atoms with E-state index in [4.69, 9.17) is 9.05 Å². The molecule has 0 aromatic rings. The van der Waals surface area contributed by atoms with Gasteiger partial charge in [0.2, 0.25) is 5.91 Å². The second-order valence-corrected chi connectivity index (χ2v) is 16.1. The summed E-state index contributed by atoms with van der Waals surface area (Å²) in [5, 5.41) is 13.6. The van der Waals surface area contributed by atoms with Crippen LogP contribution in [0.25, 0.3) is 0 Å². The molecule has 0 aliphatic rings. The predicted octanol–water partition coefficient (Wildman–Crippen LogP) is 11.5. The minimum Gasteiger partial charge on any atom is -0.387 e. The third kappa shape index (κ3) is 39.1. The van der Waals surface area contributed by atoms with Crippen LogP contribution in [0.5, 0.6) is 0 Å². The smallest absolute Gasteiger partial charge is 0.387 e. The second kappa shape index (κ2) is 37.5. The lowest BCUT2D eigenvalue weighted by atomic mass is 10.1. The van der Waals surface area contributed by atoms with E-state index in [9.17, 15) is 19.4 Å². The van der Waals surface area contributed by atoms with Gasteiger partial charge in [0.1, 0.15) is 13.2 Å². The van der Waals surface area contributed by atoms with E-state index in [-0.39, 0.29) is 25.5 Å². The zero-order valence-corrected chi connectivity index (χ0v) is 36.5. The van der Waals surface area contributed by atoms with E-state index < -0.39 is 20.0 Å². The number of allylic oxidation sites excluding steroid dienone is 19. The van der Waals surface area contributed by atoms with Gasteiger partial charge >= 0.3 is 7.82 Å². The molecule has 0 saturated carbocycles. The fourth-order valence-corrected chi connectivity index (χ4v) is 5.58. The Kier molecular flexibility index (Phi) is 35.4. The molecule has 0 radical (unpaired) electrons. The lowest BCUT2D eigenvalue weighted by molar-refractivity contribution is -0.870. The fourth-order valence-electron chi connectivity index (χ4n) is 4.84. The number of carbonyl (C=O) groups excluding carboxylic acids is 1. The van der Waals surface area contributed by atoms with E-state index in [1.807, 2.05) is 27.2 Å². The van der Waals surface area contributed by atoms with Gasteiger partial charge in [-0.25, -0.2) is 4.57 Å². The number of aliphatic hydroxyl groups is 1. The minimum atomic E-state index is -4.36. The summed E-state index contributed by atoms with van der Waals surface area (Å²) in [6.45, 7) is 4.48. The van der Waals surface area contributed by atoms with Crippen molar-refractivity contribution in [1.82, 2.24) is 5.32 Å². The first-order chi connectivity index (χ1) is 27.0. The van der Waals surface area contributed by atoms with E-state index in [2.05, 4.69) is 129 Å². The molecule has 0 rings (SSSR count). The molecule has 56 heavy (non-hydrogen) atoms. The first kappa shape index (κ1) is 52.9. The molecule has 3 unspecified atom stereocenters. The number of phosphoric acid groups is 1. The lowest BCUT2D eigenvalue weighted by Gasteiger charge is -2.25. The first-order valence-corrected chi connectivity index (χ1v) is 22.4. The monoisotopic (exact) mass is 798 g/mol. The van der Waals surface area contributed by atoms with E-state index in [1.165, 1.54) is 0 Å². The standard InChI is InChI=1S/C47H77N2O6P/c1-6-8-10-12-14-15-16-17-18-19-20-21-22-23-24-25-26-27-28-29-30-31-32-33-35-37-39-41-47(51)48-45(46(50)40-38-36-34-13-11-9-7-2)44-55-56(52,53)54-43-42-49(3,4)5/h8,10-11,13-15,17-18,20-21,23-24,26-27,29-30,32-33,38,40,45-46,50H,6-7,9,12,16,19,22,25,28,31,34-37,39,41-44H2,1-5H3,(H-,48,51,52,53)/p+1/b10-8-,13-11+,15-14-,18-17-,21-20-,24-23-,27-26-,30-29-,33-32-,40-38+. The number of hydrogen-bond donors (Lipinski definition) is 3. The predicted molar refractivity (Wildman–Crippen MR) is 239 cm³/mol. The maximum Gasteiger partial charge on any atom is 0.472 e. The molecule has 3 N–H and O–H groups in total. The SMILES string of the molecule is CC/C=C\C/C=C\C/C=C\C/C=C\C/C=C\C/C=C\C/C=C\C/C=C\CCCCC(=O)NC(COP(=O)(O)OCC[N+](C)(C)C)C(O)/C=C/CC/C=C/CCC. The van der Waals surface area contributed by atoms with E-state index in [0.717, 1.165) is 89.9 Å². The first-order valence-electron chi connectivity index (χ1n) is 20.9. The van der Waals surface area contributed by atoms with Gasteiger partial charge in [-0.15, -0.1) is 0 Å². The van der Waals surface area contributed by atoms with Gasteiger partial charge in [0.15, 0.2) is 0 Å². The molecular formula is C47H78N2O6P+. The van der Waals surface area contributed by atoms with Gasteiger partial charge in [0.25, 0.3) is 0 Å². The van der Waals surface area contributed by atoms with Crippen LogP contribution in [-0.2, 0) is 18.4 Å². The molecule has 0 bridgehead atoms. The van der Waals surface area contributed by atoms with Crippen molar-refractivity contribution in [3.63, 3.8) is 0 Å². The average Bonchev–Trinajstić information content (AvgIpc) is 3.15. The Morgan fingerprint density at radius 2 is 1.07 bits per heavy atom. The van der Waals surface area contributed by atoms with Crippen molar-refractivity contribution in [3.05, 3.63) is 122 Å². The maximum absolute atomic E-state index is 12.8. The highest BCUT2D eigenvalue weighted by atomic mass is 31.2. The van der Waals surface area contributed by atoms with Gasteiger partial charge in [0, 0.05) is 6.42 Å². The number of amides is 1. The van der Waals surface area contributed by atoms with Crippen molar-refractivity contribution in [2.45, 2.75) is 129 Å². The van der Waals surface area contributed by atoms with Gasteiger partial charge in [-0.1, -0.05) is 142 Å². The Balaban J connectivity index is 4.37. The quantitative estimate of drug-likeness (QED) is 0.0255. The van der Waals surface area contributed by atoms with Gasteiger partial charge in [-0.05, 0) is 89.9 Å².